The number of carboxylic acid groups (broad SMARTS) is 1. The standard InChI is InChI=1S/C10H8.C7H4Cl2O2/c1-2-6-10-8-4-3-7-9(10)5-1;8-4-1-2-6(9)5(3-4)7(10)11/h1-8H;1-3H,(H,10,11). The van der Waals surface area contributed by atoms with Crippen LogP contribution in [0.25, 0.3) is 10.8 Å². The first-order valence-electron chi connectivity index (χ1n) is 6.20. The molecule has 106 valence electrons. The molecule has 1 N–H and O–H groups in total. The predicted molar refractivity (Wildman–Crippen MR) is 87.4 cm³/mol. The van der Waals surface area contributed by atoms with E-state index in [1.165, 1.54) is 29.0 Å². The fraction of sp³-hybridized carbons (Fsp3) is 0. The van der Waals surface area contributed by atoms with Crippen LogP contribution in [0.3, 0.4) is 0 Å². The second-order valence-electron chi connectivity index (χ2n) is 4.28. The molecule has 0 atom stereocenters. The van der Waals surface area contributed by atoms with Gasteiger partial charge in [-0.15, -0.1) is 0 Å². The Hall–Kier alpha value is -2.03. The minimum atomic E-state index is -1.07. The first-order valence-corrected chi connectivity index (χ1v) is 6.95. The Labute approximate surface area is 132 Å². The lowest BCUT2D eigenvalue weighted by atomic mass is 10.1. The zero-order valence-corrected chi connectivity index (χ0v) is 12.5. The van der Waals surface area contributed by atoms with E-state index in [4.69, 9.17) is 28.3 Å². The molecule has 0 unspecified atom stereocenters. The van der Waals surface area contributed by atoms with E-state index in [0.29, 0.717) is 5.02 Å². The van der Waals surface area contributed by atoms with Gasteiger partial charge in [0, 0.05) is 5.02 Å². The fourth-order valence-corrected chi connectivity index (χ4v) is 2.16. The van der Waals surface area contributed by atoms with Gasteiger partial charge in [0.2, 0.25) is 0 Å². The van der Waals surface area contributed by atoms with E-state index in [1.54, 1.807) is 0 Å². The van der Waals surface area contributed by atoms with E-state index in [1.807, 2.05) is 0 Å². The monoisotopic (exact) mass is 318 g/mol. The van der Waals surface area contributed by atoms with Crippen molar-refractivity contribution in [2.75, 3.05) is 0 Å². The van der Waals surface area contributed by atoms with Crippen molar-refractivity contribution in [3.8, 4) is 0 Å². The van der Waals surface area contributed by atoms with Gasteiger partial charge in [-0.25, -0.2) is 4.79 Å². The van der Waals surface area contributed by atoms with Gasteiger partial charge >= 0.3 is 5.97 Å². The van der Waals surface area contributed by atoms with Gasteiger partial charge < -0.3 is 5.11 Å². The van der Waals surface area contributed by atoms with Crippen LogP contribution in [0.1, 0.15) is 10.4 Å². The first kappa shape index (κ1) is 15.4. The minimum Gasteiger partial charge on any atom is -0.478 e. The van der Waals surface area contributed by atoms with Gasteiger partial charge in [-0.3, -0.25) is 0 Å². The molecule has 4 heteroatoms. The van der Waals surface area contributed by atoms with Crippen LogP contribution in [-0.2, 0) is 0 Å². The number of carbonyl (C=O) groups is 1. The normalized spacial score (nSPS) is 9.81. The highest BCUT2D eigenvalue weighted by molar-refractivity contribution is 6.35. The summed E-state index contributed by atoms with van der Waals surface area (Å²) in [7, 11) is 0. The van der Waals surface area contributed by atoms with Gasteiger partial charge in [-0.05, 0) is 29.0 Å². The number of carboxylic acids is 1. The summed E-state index contributed by atoms with van der Waals surface area (Å²) in [5, 5.41) is 11.7. The van der Waals surface area contributed by atoms with Crippen molar-refractivity contribution in [2.24, 2.45) is 0 Å². The van der Waals surface area contributed by atoms with E-state index < -0.39 is 5.97 Å². The molecule has 0 saturated carbocycles. The summed E-state index contributed by atoms with van der Waals surface area (Å²) in [4.78, 5) is 10.4. The van der Waals surface area contributed by atoms with Gasteiger partial charge in [-0.2, -0.15) is 0 Å². The van der Waals surface area contributed by atoms with Gasteiger partial charge in [0.15, 0.2) is 0 Å². The van der Waals surface area contributed by atoms with Crippen LogP contribution in [-0.4, -0.2) is 11.1 Å². The van der Waals surface area contributed by atoms with Crippen LogP contribution >= 0.6 is 23.2 Å². The van der Waals surface area contributed by atoms with E-state index in [0.717, 1.165) is 0 Å². The zero-order valence-electron chi connectivity index (χ0n) is 11.0. The number of hydrogen-bond donors (Lipinski definition) is 1. The van der Waals surface area contributed by atoms with Gasteiger partial charge in [-0.1, -0.05) is 71.7 Å². The zero-order chi connectivity index (χ0) is 15.2. The fourth-order valence-electron chi connectivity index (χ4n) is 1.79. The summed E-state index contributed by atoms with van der Waals surface area (Å²) in [6.07, 6.45) is 0. The molecule has 0 heterocycles. The number of fused-ring (bicyclic) bond motifs is 1. The highest BCUT2D eigenvalue weighted by Gasteiger charge is 2.07. The third-order valence-corrected chi connectivity index (χ3v) is 3.38. The lowest BCUT2D eigenvalue weighted by Crippen LogP contribution is -1.96. The average molecular weight is 319 g/mol. The Balaban J connectivity index is 0.000000154. The van der Waals surface area contributed by atoms with Crippen molar-refractivity contribution in [1.29, 1.82) is 0 Å². The first-order chi connectivity index (χ1) is 10.1. The van der Waals surface area contributed by atoms with E-state index in [2.05, 4.69) is 48.5 Å². The molecule has 0 bridgehead atoms. The third kappa shape index (κ3) is 4.22. The number of benzene rings is 3. The number of hydrogen-bond acceptors (Lipinski definition) is 1. The number of rotatable bonds is 1. The maximum absolute atomic E-state index is 10.4. The Bertz CT molecular complexity index is 704. The van der Waals surface area contributed by atoms with E-state index in [-0.39, 0.29) is 10.6 Å². The molecule has 0 aliphatic carbocycles. The highest BCUT2D eigenvalue weighted by atomic mass is 35.5. The lowest BCUT2D eigenvalue weighted by Gasteiger charge is -1.97. The Kier molecular flexibility index (Phi) is 5.20. The predicted octanol–water partition coefficient (Wildman–Crippen LogP) is 5.53. The van der Waals surface area contributed by atoms with Crippen LogP contribution in [0, 0.1) is 0 Å². The summed E-state index contributed by atoms with van der Waals surface area (Å²) >= 11 is 11.1. The smallest absolute Gasteiger partial charge is 0.337 e. The molecule has 0 aliphatic heterocycles. The van der Waals surface area contributed by atoms with E-state index >= 15 is 0 Å². The summed E-state index contributed by atoms with van der Waals surface area (Å²) in [5.41, 5.74) is 0.0270. The van der Waals surface area contributed by atoms with Crippen molar-refractivity contribution in [2.45, 2.75) is 0 Å². The highest BCUT2D eigenvalue weighted by Crippen LogP contribution is 2.20. The van der Waals surface area contributed by atoms with E-state index in [9.17, 15) is 4.79 Å². The van der Waals surface area contributed by atoms with Crippen molar-refractivity contribution in [1.82, 2.24) is 0 Å². The van der Waals surface area contributed by atoms with Crippen molar-refractivity contribution < 1.29 is 9.90 Å². The van der Waals surface area contributed by atoms with Gasteiger partial charge in [0.05, 0.1) is 10.6 Å². The topological polar surface area (TPSA) is 37.3 Å². The molecule has 0 fully saturated rings. The number of aromatic carboxylic acids is 1. The molecule has 0 aliphatic rings. The summed E-state index contributed by atoms with van der Waals surface area (Å²) < 4.78 is 0. The number of halogens is 2. The van der Waals surface area contributed by atoms with Crippen LogP contribution < -0.4 is 0 Å². The van der Waals surface area contributed by atoms with Crippen molar-refractivity contribution in [3.63, 3.8) is 0 Å². The molecule has 21 heavy (non-hydrogen) atoms. The maximum atomic E-state index is 10.4. The van der Waals surface area contributed by atoms with Crippen LogP contribution in [0.2, 0.25) is 10.0 Å². The Morgan fingerprint density at radius 2 is 1.29 bits per heavy atom. The maximum Gasteiger partial charge on any atom is 0.337 e. The SMILES string of the molecule is O=C(O)c1cc(Cl)ccc1Cl.c1ccc2ccccc2c1. The molecule has 3 aromatic rings. The molecular weight excluding hydrogens is 307 g/mol. The van der Waals surface area contributed by atoms with Gasteiger partial charge in [0.1, 0.15) is 0 Å². The largest absolute Gasteiger partial charge is 0.478 e. The second-order valence-corrected chi connectivity index (χ2v) is 5.12. The quantitative estimate of drug-likeness (QED) is 0.640. The molecule has 0 spiro atoms. The molecule has 0 radical (unpaired) electrons. The molecule has 0 amide bonds. The Morgan fingerprint density at radius 1 is 0.810 bits per heavy atom. The third-order valence-electron chi connectivity index (χ3n) is 2.82. The summed E-state index contributed by atoms with van der Waals surface area (Å²) in [5.74, 6) is -1.07. The van der Waals surface area contributed by atoms with Crippen LogP contribution in [0.4, 0.5) is 0 Å². The molecule has 3 aromatic carbocycles. The molecule has 3 rings (SSSR count). The molecule has 2 nitrogen and oxygen atoms in total. The summed E-state index contributed by atoms with van der Waals surface area (Å²) in [6, 6.07) is 21.0. The molecule has 0 saturated heterocycles. The average Bonchev–Trinajstić information content (AvgIpc) is 2.50. The summed E-state index contributed by atoms with van der Waals surface area (Å²) in [6.45, 7) is 0. The molecular formula is C17H12Cl2O2. The van der Waals surface area contributed by atoms with Gasteiger partial charge in [0.25, 0.3) is 0 Å². The lowest BCUT2D eigenvalue weighted by molar-refractivity contribution is 0.0697. The van der Waals surface area contributed by atoms with Crippen LogP contribution in [0.15, 0.2) is 66.7 Å². The van der Waals surface area contributed by atoms with Crippen molar-refractivity contribution in [3.05, 3.63) is 82.3 Å². The van der Waals surface area contributed by atoms with Crippen LogP contribution in [0.5, 0.6) is 0 Å². The second kappa shape index (κ2) is 7.11. The Morgan fingerprint density at radius 3 is 1.67 bits per heavy atom. The van der Waals surface area contributed by atoms with Crippen molar-refractivity contribution >= 4 is 39.9 Å². The minimum absolute atomic E-state index is 0.0270. The molecule has 0 aromatic heterocycles.